The number of benzene rings is 1. The van der Waals surface area contributed by atoms with Crippen molar-refractivity contribution in [3.8, 4) is 3.53 Å². The minimum atomic E-state index is -0.408. The summed E-state index contributed by atoms with van der Waals surface area (Å²) in [5.74, 6) is 0. The molecule has 1 aromatic rings. The Labute approximate surface area is 84.3 Å². The van der Waals surface area contributed by atoms with E-state index in [9.17, 15) is 10.1 Å². The maximum atomic E-state index is 10.3. The third-order valence-corrected chi connectivity index (χ3v) is 2.41. The molecular weight excluding hydrogens is 258 g/mol. The average Bonchev–Trinajstić information content (AvgIpc) is 2.06. The number of hydrogen-bond acceptors (Lipinski definition) is 3. The molecule has 0 fully saturated rings. The Morgan fingerprint density at radius 1 is 1.42 bits per heavy atom. The predicted octanol–water partition coefficient (Wildman–Crippen LogP) is 2.15. The van der Waals surface area contributed by atoms with Gasteiger partial charge in [0.15, 0.2) is 0 Å². The van der Waals surface area contributed by atoms with Crippen molar-refractivity contribution in [2.24, 2.45) is 0 Å². The fourth-order valence-corrected chi connectivity index (χ4v) is 1.76. The van der Waals surface area contributed by atoms with Gasteiger partial charge in [-0.2, -0.15) is 0 Å². The number of nitro groups is 1. The summed E-state index contributed by atoms with van der Waals surface area (Å²) in [5.41, 5.74) is 0.122. The number of rotatable bonds is 2. The third kappa shape index (κ3) is 2.49. The van der Waals surface area contributed by atoms with Crippen molar-refractivity contribution in [1.82, 2.24) is 0 Å². The van der Waals surface area contributed by atoms with Crippen molar-refractivity contribution >= 4 is 17.4 Å². The summed E-state index contributed by atoms with van der Waals surface area (Å²) >= 11 is 3.16. The summed E-state index contributed by atoms with van der Waals surface area (Å²) in [5, 5.41) is 10.3. The van der Waals surface area contributed by atoms with Gasteiger partial charge in [-0.3, -0.25) is 0 Å². The van der Waals surface area contributed by atoms with Crippen molar-refractivity contribution in [1.29, 1.82) is 0 Å². The molecule has 60 valence electrons. The maximum absolute atomic E-state index is 10.3. The van der Waals surface area contributed by atoms with Gasteiger partial charge in [0.25, 0.3) is 0 Å². The van der Waals surface area contributed by atoms with E-state index in [0.717, 1.165) is 4.90 Å². The first-order chi connectivity index (χ1) is 5.74. The summed E-state index contributed by atoms with van der Waals surface area (Å²) in [6, 6.07) is 6.39. The molecule has 0 aliphatic carbocycles. The molecule has 5 heteroatoms. The Kier molecular flexibility index (Phi) is 3.54. The molecule has 0 saturated heterocycles. The zero-order valence-corrected chi connectivity index (χ0v) is 8.71. The van der Waals surface area contributed by atoms with Gasteiger partial charge in [-0.05, 0) is 0 Å². The molecule has 0 radical (unpaired) electrons. The van der Waals surface area contributed by atoms with E-state index in [4.69, 9.17) is 0 Å². The minimum absolute atomic E-state index is 0.122. The van der Waals surface area contributed by atoms with Crippen molar-refractivity contribution in [2.75, 3.05) is 0 Å². The molecule has 0 aliphatic rings. The van der Waals surface area contributed by atoms with Crippen LogP contribution in [-0.4, -0.2) is 4.92 Å². The molecular formula is C7H4MoNO2S+. The number of hydrogen-bond donors (Lipinski definition) is 0. The van der Waals surface area contributed by atoms with E-state index in [1.54, 1.807) is 31.3 Å². The Morgan fingerprint density at radius 3 is 2.42 bits per heavy atom. The molecule has 0 unspecified atom stereocenters. The second-order valence-corrected chi connectivity index (χ2v) is 4.01. The third-order valence-electron chi connectivity index (χ3n) is 1.21. The Hall–Kier alpha value is -0.562. The van der Waals surface area contributed by atoms with Crippen LogP contribution in [0, 0.1) is 13.6 Å². The molecule has 0 saturated carbocycles. The molecule has 0 bridgehead atoms. The zero-order chi connectivity index (χ0) is 8.97. The van der Waals surface area contributed by atoms with Gasteiger partial charge in [0, 0.05) is 0 Å². The van der Waals surface area contributed by atoms with E-state index in [-0.39, 0.29) is 5.69 Å². The Morgan fingerprint density at radius 2 is 2.00 bits per heavy atom. The molecule has 0 aliphatic heterocycles. The van der Waals surface area contributed by atoms with E-state index in [2.05, 4.69) is 3.53 Å². The molecule has 0 spiro atoms. The van der Waals surface area contributed by atoms with Crippen LogP contribution in [0.3, 0.4) is 0 Å². The molecule has 1 aromatic carbocycles. The topological polar surface area (TPSA) is 43.1 Å². The number of nitrogens with zero attached hydrogens (tertiary/aromatic N) is 1. The van der Waals surface area contributed by atoms with Crippen LogP contribution < -0.4 is 0 Å². The summed E-state index contributed by atoms with van der Waals surface area (Å²) in [4.78, 5) is 10.8. The van der Waals surface area contributed by atoms with Crippen LogP contribution >= 0.6 is 11.8 Å². The standard InChI is InChI=1S/C7H4NO2S.Mo/c1-11-7-4-2-6(3-5-7)8(9)10;/h2-5H;/q;+1. The molecule has 12 heavy (non-hydrogen) atoms. The van der Waals surface area contributed by atoms with Crippen LogP contribution in [0.25, 0.3) is 0 Å². The van der Waals surface area contributed by atoms with Crippen LogP contribution in [-0.2, 0) is 19.2 Å². The van der Waals surface area contributed by atoms with Gasteiger partial charge in [0.2, 0.25) is 0 Å². The van der Waals surface area contributed by atoms with E-state index in [1.165, 1.54) is 23.9 Å². The van der Waals surface area contributed by atoms with Crippen molar-refractivity contribution < 1.29 is 24.1 Å². The van der Waals surface area contributed by atoms with Crippen LogP contribution in [0.15, 0.2) is 29.2 Å². The van der Waals surface area contributed by atoms with Gasteiger partial charge in [-0.1, -0.05) is 0 Å². The molecule has 3 nitrogen and oxygen atoms in total. The van der Waals surface area contributed by atoms with Gasteiger partial charge in [-0.25, -0.2) is 0 Å². The second kappa shape index (κ2) is 4.46. The van der Waals surface area contributed by atoms with E-state index in [0.29, 0.717) is 0 Å². The van der Waals surface area contributed by atoms with Crippen molar-refractivity contribution in [3.05, 3.63) is 34.4 Å². The van der Waals surface area contributed by atoms with Gasteiger partial charge >= 0.3 is 84.3 Å². The van der Waals surface area contributed by atoms with Crippen molar-refractivity contribution in [2.45, 2.75) is 4.90 Å². The molecule has 0 atom stereocenters. The predicted molar refractivity (Wildman–Crippen MR) is 42.8 cm³/mol. The van der Waals surface area contributed by atoms with Gasteiger partial charge in [0.1, 0.15) is 0 Å². The second-order valence-electron chi connectivity index (χ2n) is 1.94. The Balaban J connectivity index is 2.87. The van der Waals surface area contributed by atoms with Gasteiger partial charge < -0.3 is 0 Å². The van der Waals surface area contributed by atoms with E-state index in [1.807, 2.05) is 0 Å². The molecule has 0 amide bonds. The molecule has 0 aromatic heterocycles. The quantitative estimate of drug-likeness (QED) is 0.355. The number of non-ortho nitro benzene ring substituents is 1. The summed E-state index contributed by atoms with van der Waals surface area (Å²) in [6.07, 6.45) is 0. The molecule has 0 heterocycles. The average molecular weight is 262 g/mol. The first-order valence-corrected chi connectivity index (χ1v) is 4.84. The molecule has 0 N–H and O–H groups in total. The fraction of sp³-hybridized carbons (Fsp3) is 0. The van der Waals surface area contributed by atoms with E-state index < -0.39 is 4.92 Å². The SMILES string of the molecule is O=[N+]([O-])c1ccc(S[C]#[Mo+])cc1. The van der Waals surface area contributed by atoms with Crippen LogP contribution in [0.5, 0.6) is 0 Å². The van der Waals surface area contributed by atoms with Gasteiger partial charge in [0.05, 0.1) is 0 Å². The normalized spacial score (nSPS) is 8.92. The van der Waals surface area contributed by atoms with Crippen LogP contribution in [0.2, 0.25) is 0 Å². The summed E-state index contributed by atoms with van der Waals surface area (Å²) in [6.45, 7) is 0. The monoisotopic (exact) mass is 264 g/mol. The summed E-state index contributed by atoms with van der Waals surface area (Å²) in [7, 11) is 0. The van der Waals surface area contributed by atoms with E-state index >= 15 is 0 Å². The molecule has 1 rings (SSSR count). The zero-order valence-electron chi connectivity index (χ0n) is 5.89. The Bertz CT molecular complexity index is 330. The summed E-state index contributed by atoms with van der Waals surface area (Å²) < 4.78 is 2.89. The van der Waals surface area contributed by atoms with Crippen LogP contribution in [0.1, 0.15) is 0 Å². The number of nitro benzene ring substituents is 1. The first kappa shape index (κ1) is 9.53. The van der Waals surface area contributed by atoms with Crippen molar-refractivity contribution in [3.63, 3.8) is 0 Å². The van der Waals surface area contributed by atoms with Gasteiger partial charge in [-0.15, -0.1) is 0 Å². The fourth-order valence-electron chi connectivity index (χ4n) is 0.684. The van der Waals surface area contributed by atoms with Crippen LogP contribution in [0.4, 0.5) is 5.69 Å². The number of thioether (sulfide) groups is 1. The first-order valence-electron chi connectivity index (χ1n) is 3.02.